The molecule has 0 saturated carbocycles. The number of nitrogens with zero attached hydrogens (tertiary/aromatic N) is 3. The minimum absolute atomic E-state index is 0.0322. The average molecular weight is 545 g/mol. The first kappa shape index (κ1) is 32.1. The van der Waals surface area contributed by atoms with E-state index in [0.717, 1.165) is 51.1 Å². The molecule has 0 radical (unpaired) electrons. The van der Waals surface area contributed by atoms with Crippen molar-refractivity contribution in [2.24, 2.45) is 0 Å². The van der Waals surface area contributed by atoms with Crippen molar-refractivity contribution < 1.29 is 55.7 Å². The molecule has 2 N–H and O–H groups in total. The van der Waals surface area contributed by atoms with E-state index in [1.165, 1.54) is 0 Å². The van der Waals surface area contributed by atoms with Crippen LogP contribution in [0.1, 0.15) is 41.7 Å². The molecule has 0 aromatic carbocycles. The lowest BCUT2D eigenvalue weighted by Crippen LogP contribution is -2.53. The van der Waals surface area contributed by atoms with E-state index in [0.29, 0.717) is 11.6 Å². The molecule has 2 aliphatic heterocycles. The summed E-state index contributed by atoms with van der Waals surface area (Å²) in [6.45, 7) is 4.30. The van der Waals surface area contributed by atoms with Gasteiger partial charge in [-0.3, -0.25) is 9.78 Å². The van der Waals surface area contributed by atoms with Crippen LogP contribution >= 0.6 is 0 Å². The number of hydrogen-bond donors (Lipinski definition) is 2. The molecule has 1 atom stereocenters. The van der Waals surface area contributed by atoms with Crippen molar-refractivity contribution in [3.8, 4) is 0 Å². The van der Waals surface area contributed by atoms with E-state index in [2.05, 4.69) is 24.0 Å². The first-order valence-electron chi connectivity index (χ1n) is 11.0. The third-order valence-electron chi connectivity index (χ3n) is 5.80. The number of aromatic nitrogens is 1. The highest BCUT2D eigenvalue weighted by molar-refractivity contribution is 5.94. The van der Waals surface area contributed by atoms with Gasteiger partial charge in [0.1, 0.15) is 0 Å². The topological polar surface area (TPSA) is 120 Å². The number of amides is 1. The van der Waals surface area contributed by atoms with E-state index in [9.17, 15) is 31.1 Å². The Morgan fingerprint density at radius 3 is 1.89 bits per heavy atom. The molecule has 0 aliphatic carbocycles. The maximum atomic E-state index is 12.6. The first-order chi connectivity index (χ1) is 16.9. The summed E-state index contributed by atoms with van der Waals surface area (Å²) in [6.07, 6.45) is -4.44. The van der Waals surface area contributed by atoms with Gasteiger partial charge < -0.3 is 24.7 Å². The average Bonchev–Trinajstić information content (AvgIpc) is 2.79. The van der Waals surface area contributed by atoms with Crippen molar-refractivity contribution >= 4 is 17.8 Å². The SMILES string of the molecule is Cc1ccc(C(=O)N2CCC3(CC2)CC(N(C)C)CCO3)cn1.O=C(O)C(F)(F)F.O=C(O)C(F)(F)F. The summed E-state index contributed by atoms with van der Waals surface area (Å²) in [5.41, 5.74) is 1.59. The fraction of sp³-hybridized carbons (Fsp3) is 0.636. The number of carbonyl (C=O) groups is 3. The van der Waals surface area contributed by atoms with Gasteiger partial charge in [-0.2, -0.15) is 26.3 Å². The molecule has 2 saturated heterocycles. The van der Waals surface area contributed by atoms with Gasteiger partial charge in [-0.25, -0.2) is 9.59 Å². The highest BCUT2D eigenvalue weighted by atomic mass is 19.4. The van der Waals surface area contributed by atoms with E-state index < -0.39 is 24.3 Å². The molecular weight excluding hydrogens is 516 g/mol. The maximum Gasteiger partial charge on any atom is 0.490 e. The summed E-state index contributed by atoms with van der Waals surface area (Å²) in [5, 5.41) is 14.2. The number of aryl methyl sites for hydroxylation is 1. The largest absolute Gasteiger partial charge is 0.490 e. The molecule has 37 heavy (non-hydrogen) atoms. The van der Waals surface area contributed by atoms with Gasteiger partial charge in [0.2, 0.25) is 0 Å². The number of carboxylic acid groups (broad SMARTS) is 2. The van der Waals surface area contributed by atoms with Crippen LogP contribution in [0, 0.1) is 6.92 Å². The van der Waals surface area contributed by atoms with Gasteiger partial charge in [-0.15, -0.1) is 0 Å². The Balaban J connectivity index is 0.000000404. The number of likely N-dealkylation sites (tertiary alicyclic amines) is 1. The van der Waals surface area contributed by atoms with Crippen LogP contribution in [0.4, 0.5) is 26.3 Å². The van der Waals surface area contributed by atoms with Crippen LogP contribution in [0.2, 0.25) is 0 Å². The number of carboxylic acids is 2. The summed E-state index contributed by atoms with van der Waals surface area (Å²) >= 11 is 0. The maximum absolute atomic E-state index is 12.6. The number of hydrogen-bond acceptors (Lipinski definition) is 6. The number of halogens is 6. The van der Waals surface area contributed by atoms with Crippen LogP contribution < -0.4 is 0 Å². The Labute approximate surface area is 209 Å². The molecule has 3 rings (SSSR count). The number of ether oxygens (including phenoxy) is 1. The van der Waals surface area contributed by atoms with Crippen molar-refractivity contribution in [3.05, 3.63) is 29.6 Å². The number of carbonyl (C=O) groups excluding carboxylic acids is 1. The predicted molar refractivity (Wildman–Crippen MR) is 117 cm³/mol. The van der Waals surface area contributed by atoms with Crippen molar-refractivity contribution in [1.82, 2.24) is 14.8 Å². The van der Waals surface area contributed by atoms with Crippen LogP contribution in [-0.2, 0) is 14.3 Å². The van der Waals surface area contributed by atoms with Gasteiger partial charge in [0.25, 0.3) is 5.91 Å². The zero-order valence-electron chi connectivity index (χ0n) is 20.4. The minimum Gasteiger partial charge on any atom is -0.475 e. The number of alkyl halides is 6. The van der Waals surface area contributed by atoms with Crippen molar-refractivity contribution in [3.63, 3.8) is 0 Å². The molecule has 9 nitrogen and oxygen atoms in total. The van der Waals surface area contributed by atoms with Gasteiger partial charge in [-0.1, -0.05) is 0 Å². The molecule has 0 bridgehead atoms. The zero-order chi connectivity index (χ0) is 28.6. The lowest BCUT2D eigenvalue weighted by molar-refractivity contribution is -0.193. The van der Waals surface area contributed by atoms with Gasteiger partial charge in [0, 0.05) is 37.6 Å². The predicted octanol–water partition coefficient (Wildman–Crippen LogP) is 3.37. The third kappa shape index (κ3) is 10.5. The monoisotopic (exact) mass is 545 g/mol. The Morgan fingerprint density at radius 2 is 1.51 bits per heavy atom. The smallest absolute Gasteiger partial charge is 0.475 e. The second-order valence-electron chi connectivity index (χ2n) is 8.73. The lowest BCUT2D eigenvalue weighted by Gasteiger charge is -2.47. The fourth-order valence-corrected chi connectivity index (χ4v) is 3.69. The summed E-state index contributed by atoms with van der Waals surface area (Å²) in [4.78, 5) is 38.9. The van der Waals surface area contributed by atoms with Crippen LogP contribution in [0.25, 0.3) is 0 Å². The molecule has 1 aromatic rings. The molecule has 1 unspecified atom stereocenters. The number of rotatable bonds is 2. The van der Waals surface area contributed by atoms with Crippen LogP contribution in [0.3, 0.4) is 0 Å². The van der Waals surface area contributed by atoms with Crippen molar-refractivity contribution in [1.29, 1.82) is 0 Å². The molecular formula is C22H29F6N3O6. The standard InChI is InChI=1S/C18H27N3O2.2C2HF3O2/c1-14-4-5-15(13-19-14)17(22)21-9-7-18(8-10-21)12-16(20(2)3)6-11-23-18;2*3-2(4,5)1(6)7/h4-5,13,16H,6-12H2,1-3H3;2*(H,6,7). The highest BCUT2D eigenvalue weighted by Gasteiger charge is 2.42. The Kier molecular flexibility index (Phi) is 11.3. The Morgan fingerprint density at radius 1 is 1.03 bits per heavy atom. The van der Waals surface area contributed by atoms with E-state index in [4.69, 9.17) is 24.5 Å². The van der Waals surface area contributed by atoms with E-state index >= 15 is 0 Å². The van der Waals surface area contributed by atoms with E-state index in [-0.39, 0.29) is 11.5 Å². The van der Waals surface area contributed by atoms with Crippen molar-refractivity contribution in [2.75, 3.05) is 33.8 Å². The Hall–Kier alpha value is -2.94. The third-order valence-corrected chi connectivity index (χ3v) is 5.80. The molecule has 1 spiro atoms. The summed E-state index contributed by atoms with van der Waals surface area (Å²) in [6, 6.07) is 4.35. The molecule has 3 heterocycles. The van der Waals surface area contributed by atoms with Gasteiger partial charge >= 0.3 is 24.3 Å². The number of pyridine rings is 1. The van der Waals surface area contributed by atoms with Crippen molar-refractivity contribution in [2.45, 2.75) is 56.6 Å². The van der Waals surface area contributed by atoms with Gasteiger partial charge in [0.05, 0.1) is 11.2 Å². The molecule has 2 aliphatic rings. The highest BCUT2D eigenvalue weighted by Crippen LogP contribution is 2.36. The van der Waals surface area contributed by atoms with Crippen LogP contribution in [0.15, 0.2) is 18.3 Å². The second-order valence-corrected chi connectivity index (χ2v) is 8.73. The zero-order valence-corrected chi connectivity index (χ0v) is 20.4. The van der Waals surface area contributed by atoms with Gasteiger partial charge in [-0.05, 0) is 58.8 Å². The summed E-state index contributed by atoms with van der Waals surface area (Å²) in [7, 11) is 4.29. The number of aliphatic carboxylic acids is 2. The molecule has 15 heteroatoms. The molecule has 2 fully saturated rings. The van der Waals surface area contributed by atoms with E-state index in [1.807, 2.05) is 24.0 Å². The normalized spacial score (nSPS) is 19.3. The fourth-order valence-electron chi connectivity index (χ4n) is 3.69. The number of piperidine rings is 1. The van der Waals surface area contributed by atoms with Crippen LogP contribution in [0.5, 0.6) is 0 Å². The van der Waals surface area contributed by atoms with E-state index in [1.54, 1.807) is 6.20 Å². The summed E-state index contributed by atoms with van der Waals surface area (Å²) < 4.78 is 69.6. The molecule has 210 valence electrons. The summed E-state index contributed by atoms with van der Waals surface area (Å²) in [5.74, 6) is -5.42. The second kappa shape index (κ2) is 13.0. The van der Waals surface area contributed by atoms with Crippen LogP contribution in [-0.4, -0.2) is 101 Å². The Bertz CT molecular complexity index is 889. The quantitative estimate of drug-likeness (QED) is 0.543. The molecule has 1 amide bonds. The lowest BCUT2D eigenvalue weighted by atomic mass is 9.82. The first-order valence-corrected chi connectivity index (χ1v) is 11.0. The molecule has 1 aromatic heterocycles. The minimum atomic E-state index is -5.08. The van der Waals surface area contributed by atoms with Gasteiger partial charge in [0.15, 0.2) is 0 Å².